The summed E-state index contributed by atoms with van der Waals surface area (Å²) in [5.74, 6) is 0.273. The van der Waals surface area contributed by atoms with Crippen LogP contribution in [0.25, 0.3) is 10.1 Å². The summed E-state index contributed by atoms with van der Waals surface area (Å²) in [5, 5.41) is 13.4. The fourth-order valence-electron chi connectivity index (χ4n) is 2.79. The van der Waals surface area contributed by atoms with Crippen LogP contribution in [0.5, 0.6) is 0 Å². The lowest BCUT2D eigenvalue weighted by Crippen LogP contribution is -2.28. The number of hydrogen-bond donors (Lipinski definition) is 3. The van der Waals surface area contributed by atoms with Crippen molar-refractivity contribution in [2.24, 2.45) is 5.92 Å². The van der Waals surface area contributed by atoms with Crippen LogP contribution in [-0.4, -0.2) is 23.7 Å². The highest BCUT2D eigenvalue weighted by molar-refractivity contribution is 7.21. The van der Waals surface area contributed by atoms with Gasteiger partial charge in [0.05, 0.1) is 11.8 Å². The average molecular weight is 290 g/mol. The van der Waals surface area contributed by atoms with Gasteiger partial charge in [0.2, 0.25) is 0 Å². The lowest BCUT2D eigenvalue weighted by molar-refractivity contribution is 0.0950. The number of nitrogen functional groups attached to an aromatic ring is 1. The molecule has 0 bridgehead atoms. The molecule has 1 aromatic heterocycles. The van der Waals surface area contributed by atoms with Crippen molar-refractivity contribution >= 4 is 33.0 Å². The summed E-state index contributed by atoms with van der Waals surface area (Å²) in [6.07, 6.45) is 2.39. The zero-order chi connectivity index (χ0) is 14.1. The van der Waals surface area contributed by atoms with Gasteiger partial charge in [-0.05, 0) is 31.2 Å². The smallest absolute Gasteiger partial charge is 0.263 e. The highest BCUT2D eigenvalue weighted by Gasteiger charge is 2.24. The van der Waals surface area contributed by atoms with E-state index in [2.05, 4.69) is 5.32 Å². The first-order chi connectivity index (χ1) is 9.65. The van der Waals surface area contributed by atoms with E-state index in [1.165, 1.54) is 11.3 Å². The molecule has 1 amide bonds. The number of aliphatic hydroxyl groups excluding tert-OH is 1. The van der Waals surface area contributed by atoms with Crippen LogP contribution in [0.4, 0.5) is 5.69 Å². The Morgan fingerprint density at radius 1 is 1.40 bits per heavy atom. The Morgan fingerprint density at radius 3 is 2.90 bits per heavy atom. The van der Waals surface area contributed by atoms with Crippen LogP contribution in [0.15, 0.2) is 24.3 Å². The summed E-state index contributed by atoms with van der Waals surface area (Å²) in [7, 11) is 0. The van der Waals surface area contributed by atoms with Crippen LogP contribution >= 0.6 is 11.3 Å². The molecule has 20 heavy (non-hydrogen) atoms. The molecule has 1 aliphatic carbocycles. The highest BCUT2D eigenvalue weighted by atomic mass is 32.1. The molecule has 2 aromatic rings. The van der Waals surface area contributed by atoms with Crippen molar-refractivity contribution in [3.05, 3.63) is 29.1 Å². The molecular formula is C15H18N2O2S. The lowest BCUT2D eigenvalue weighted by atomic mass is 10.1. The first kappa shape index (κ1) is 13.4. The molecule has 106 valence electrons. The molecule has 0 aliphatic heterocycles. The van der Waals surface area contributed by atoms with Crippen LogP contribution in [0.1, 0.15) is 28.9 Å². The Balaban J connectivity index is 1.71. The average Bonchev–Trinajstić information content (AvgIpc) is 3.01. The molecule has 0 saturated heterocycles. The first-order valence-corrected chi connectivity index (χ1v) is 7.70. The van der Waals surface area contributed by atoms with Gasteiger partial charge < -0.3 is 16.2 Å². The molecule has 4 N–H and O–H groups in total. The molecule has 2 unspecified atom stereocenters. The quantitative estimate of drug-likeness (QED) is 0.812. The number of anilines is 1. The monoisotopic (exact) mass is 290 g/mol. The van der Waals surface area contributed by atoms with Gasteiger partial charge in [-0.15, -0.1) is 11.3 Å². The number of aliphatic hydroxyl groups is 1. The van der Waals surface area contributed by atoms with E-state index in [-0.39, 0.29) is 12.0 Å². The van der Waals surface area contributed by atoms with E-state index < -0.39 is 0 Å². The Bertz CT molecular complexity index is 638. The van der Waals surface area contributed by atoms with E-state index in [9.17, 15) is 9.90 Å². The Hall–Kier alpha value is -1.59. The van der Waals surface area contributed by atoms with Gasteiger partial charge in [0.1, 0.15) is 4.88 Å². The van der Waals surface area contributed by atoms with Gasteiger partial charge in [-0.3, -0.25) is 4.79 Å². The van der Waals surface area contributed by atoms with Crippen molar-refractivity contribution in [2.75, 3.05) is 12.3 Å². The van der Waals surface area contributed by atoms with Gasteiger partial charge in [0, 0.05) is 16.6 Å². The fraction of sp³-hybridized carbons (Fsp3) is 0.400. The molecule has 0 spiro atoms. The zero-order valence-corrected chi connectivity index (χ0v) is 12.0. The van der Waals surface area contributed by atoms with Crippen LogP contribution in [0.2, 0.25) is 0 Å². The second-order valence-corrected chi connectivity index (χ2v) is 6.44. The van der Waals surface area contributed by atoms with E-state index in [0.29, 0.717) is 23.0 Å². The number of thiophene rings is 1. The Morgan fingerprint density at radius 2 is 2.20 bits per heavy atom. The van der Waals surface area contributed by atoms with Crippen molar-refractivity contribution in [2.45, 2.75) is 25.4 Å². The minimum Gasteiger partial charge on any atom is -0.397 e. The fourth-order valence-corrected chi connectivity index (χ4v) is 3.82. The van der Waals surface area contributed by atoms with Gasteiger partial charge in [-0.2, -0.15) is 0 Å². The molecular weight excluding hydrogens is 272 g/mol. The third-order valence-corrected chi connectivity index (χ3v) is 5.09. The number of fused-ring (bicyclic) bond motifs is 1. The van der Waals surface area contributed by atoms with E-state index >= 15 is 0 Å². The Kier molecular flexibility index (Phi) is 3.63. The van der Waals surface area contributed by atoms with Crippen molar-refractivity contribution < 1.29 is 9.90 Å². The maximum atomic E-state index is 12.2. The second-order valence-electron chi connectivity index (χ2n) is 5.38. The predicted octanol–water partition coefficient (Wildman–Crippen LogP) is 2.37. The summed E-state index contributed by atoms with van der Waals surface area (Å²) >= 11 is 1.43. The molecule has 1 heterocycles. The molecule has 1 fully saturated rings. The SMILES string of the molecule is Nc1c(C(=O)NCC2CCC(O)C2)sc2ccccc12. The molecule has 4 nitrogen and oxygen atoms in total. The normalized spacial score (nSPS) is 22.2. The number of benzene rings is 1. The number of nitrogens with two attached hydrogens (primary N) is 1. The number of rotatable bonds is 3. The number of carbonyl (C=O) groups is 1. The zero-order valence-electron chi connectivity index (χ0n) is 11.1. The number of amides is 1. The molecule has 1 aliphatic rings. The molecule has 1 aromatic carbocycles. The standard InChI is InChI=1S/C15H18N2O2S/c16-13-11-3-1-2-4-12(11)20-14(13)15(19)17-8-9-5-6-10(18)7-9/h1-4,9-10,18H,5-8,16H2,(H,17,19). The summed E-state index contributed by atoms with van der Waals surface area (Å²) in [6, 6.07) is 7.78. The van der Waals surface area contributed by atoms with Crippen molar-refractivity contribution in [3.63, 3.8) is 0 Å². The van der Waals surface area contributed by atoms with Crippen molar-refractivity contribution in [1.29, 1.82) is 0 Å². The van der Waals surface area contributed by atoms with Gasteiger partial charge in [0.15, 0.2) is 0 Å². The largest absolute Gasteiger partial charge is 0.397 e. The highest BCUT2D eigenvalue weighted by Crippen LogP contribution is 2.33. The summed E-state index contributed by atoms with van der Waals surface area (Å²) in [5.41, 5.74) is 6.62. The topological polar surface area (TPSA) is 75.4 Å². The maximum Gasteiger partial charge on any atom is 0.263 e. The van der Waals surface area contributed by atoms with Crippen LogP contribution in [0, 0.1) is 5.92 Å². The summed E-state index contributed by atoms with van der Waals surface area (Å²) < 4.78 is 1.03. The lowest BCUT2D eigenvalue weighted by Gasteiger charge is -2.10. The van der Waals surface area contributed by atoms with Crippen LogP contribution in [0.3, 0.4) is 0 Å². The first-order valence-electron chi connectivity index (χ1n) is 6.88. The minimum atomic E-state index is -0.203. The van der Waals surface area contributed by atoms with E-state index in [1.807, 2.05) is 24.3 Å². The summed E-state index contributed by atoms with van der Waals surface area (Å²) in [6.45, 7) is 0.615. The number of carbonyl (C=O) groups excluding carboxylic acids is 1. The summed E-state index contributed by atoms with van der Waals surface area (Å²) in [4.78, 5) is 12.8. The van der Waals surface area contributed by atoms with E-state index in [1.54, 1.807) is 0 Å². The van der Waals surface area contributed by atoms with Gasteiger partial charge in [-0.25, -0.2) is 0 Å². The number of nitrogens with one attached hydrogen (secondary N) is 1. The third-order valence-electron chi connectivity index (χ3n) is 3.90. The van der Waals surface area contributed by atoms with E-state index in [0.717, 1.165) is 29.3 Å². The van der Waals surface area contributed by atoms with Crippen molar-refractivity contribution in [1.82, 2.24) is 5.32 Å². The molecule has 2 atom stereocenters. The molecule has 1 saturated carbocycles. The minimum absolute atomic E-state index is 0.106. The molecule has 5 heteroatoms. The molecule has 0 radical (unpaired) electrons. The number of hydrogen-bond acceptors (Lipinski definition) is 4. The van der Waals surface area contributed by atoms with Crippen molar-refractivity contribution in [3.8, 4) is 0 Å². The van der Waals surface area contributed by atoms with Gasteiger partial charge in [-0.1, -0.05) is 18.2 Å². The van der Waals surface area contributed by atoms with Crippen LogP contribution < -0.4 is 11.1 Å². The predicted molar refractivity (Wildman–Crippen MR) is 81.9 cm³/mol. The Labute approximate surface area is 121 Å². The third kappa shape index (κ3) is 2.51. The van der Waals surface area contributed by atoms with Gasteiger partial charge in [0.25, 0.3) is 5.91 Å². The second kappa shape index (κ2) is 5.42. The van der Waals surface area contributed by atoms with Crippen LogP contribution in [-0.2, 0) is 0 Å². The van der Waals surface area contributed by atoms with Gasteiger partial charge >= 0.3 is 0 Å². The molecule has 3 rings (SSSR count). The maximum absolute atomic E-state index is 12.2. The van der Waals surface area contributed by atoms with E-state index in [4.69, 9.17) is 5.73 Å².